The zero-order valence-corrected chi connectivity index (χ0v) is 12.6. The molecular formula is C12H12Cl3NO3. The van der Waals surface area contributed by atoms with Gasteiger partial charge in [-0.2, -0.15) is 0 Å². The maximum Gasteiger partial charge on any atom is 0.341 e. The zero-order chi connectivity index (χ0) is 14.6. The molecular weight excluding hydrogens is 312 g/mol. The van der Waals surface area contributed by atoms with Gasteiger partial charge < -0.3 is 10.1 Å². The minimum absolute atomic E-state index is 0.00318. The Hall–Kier alpha value is -0.970. The second-order valence-corrected chi connectivity index (χ2v) is 5.21. The number of halogens is 3. The number of benzene rings is 1. The van der Waals surface area contributed by atoms with Crippen LogP contribution in [0.3, 0.4) is 0 Å². The minimum atomic E-state index is -0.795. The van der Waals surface area contributed by atoms with Crippen LogP contribution in [0, 0.1) is 0 Å². The standard InChI is InChI=1S/C12H12Cl3NO3/c1-6(2)16-9(17)5-19-12(18)10-7(13)3-4-8(14)11(10)15/h3-4,6H,5H2,1-2H3,(H,16,17). The highest BCUT2D eigenvalue weighted by Crippen LogP contribution is 2.31. The van der Waals surface area contributed by atoms with E-state index < -0.39 is 18.5 Å². The molecule has 0 heterocycles. The molecule has 4 nitrogen and oxygen atoms in total. The highest BCUT2D eigenvalue weighted by Gasteiger charge is 2.19. The largest absolute Gasteiger partial charge is 0.452 e. The van der Waals surface area contributed by atoms with Gasteiger partial charge in [-0.05, 0) is 26.0 Å². The van der Waals surface area contributed by atoms with Crippen LogP contribution in [0.1, 0.15) is 24.2 Å². The first-order chi connectivity index (χ1) is 8.82. The SMILES string of the molecule is CC(C)NC(=O)COC(=O)c1c(Cl)ccc(Cl)c1Cl. The van der Waals surface area contributed by atoms with E-state index >= 15 is 0 Å². The van der Waals surface area contributed by atoms with E-state index in [0.717, 1.165) is 0 Å². The van der Waals surface area contributed by atoms with Gasteiger partial charge in [0, 0.05) is 6.04 Å². The summed E-state index contributed by atoms with van der Waals surface area (Å²) in [5.41, 5.74) is -0.0480. The smallest absolute Gasteiger partial charge is 0.341 e. The summed E-state index contributed by atoms with van der Waals surface area (Å²) >= 11 is 17.5. The van der Waals surface area contributed by atoms with Crippen LogP contribution in [0.4, 0.5) is 0 Å². The van der Waals surface area contributed by atoms with E-state index in [1.165, 1.54) is 12.1 Å². The fourth-order valence-corrected chi connectivity index (χ4v) is 1.96. The summed E-state index contributed by atoms with van der Waals surface area (Å²) in [6, 6.07) is 2.86. The Morgan fingerprint density at radius 3 is 2.37 bits per heavy atom. The number of amides is 1. The lowest BCUT2D eigenvalue weighted by Gasteiger charge is -2.10. The van der Waals surface area contributed by atoms with Crippen LogP contribution in [0.2, 0.25) is 15.1 Å². The molecule has 104 valence electrons. The van der Waals surface area contributed by atoms with E-state index in [0.29, 0.717) is 0 Å². The molecule has 1 aromatic carbocycles. The summed E-state index contributed by atoms with van der Waals surface area (Å²) in [6.07, 6.45) is 0. The quantitative estimate of drug-likeness (QED) is 0.683. The van der Waals surface area contributed by atoms with E-state index in [-0.39, 0.29) is 26.7 Å². The molecule has 1 N–H and O–H groups in total. The number of ether oxygens (including phenoxy) is 1. The second-order valence-electron chi connectivity index (χ2n) is 4.02. The normalized spacial score (nSPS) is 10.4. The maximum absolute atomic E-state index is 11.8. The molecule has 0 bridgehead atoms. The van der Waals surface area contributed by atoms with Gasteiger partial charge in [0.05, 0.1) is 20.6 Å². The molecule has 0 spiro atoms. The van der Waals surface area contributed by atoms with Crippen molar-refractivity contribution < 1.29 is 14.3 Å². The lowest BCUT2D eigenvalue weighted by molar-refractivity contribution is -0.124. The van der Waals surface area contributed by atoms with Crippen molar-refractivity contribution in [3.8, 4) is 0 Å². The molecule has 19 heavy (non-hydrogen) atoms. The van der Waals surface area contributed by atoms with Gasteiger partial charge in [-0.3, -0.25) is 4.79 Å². The summed E-state index contributed by atoms with van der Waals surface area (Å²) in [6.45, 7) is 3.19. The topological polar surface area (TPSA) is 55.4 Å². The Labute approximate surface area is 126 Å². The highest BCUT2D eigenvalue weighted by molar-refractivity contribution is 6.46. The summed E-state index contributed by atoms with van der Waals surface area (Å²) in [5, 5.41) is 2.88. The van der Waals surface area contributed by atoms with Crippen molar-refractivity contribution in [1.82, 2.24) is 5.32 Å². The summed E-state index contributed by atoms with van der Waals surface area (Å²) < 4.78 is 4.83. The minimum Gasteiger partial charge on any atom is -0.452 e. The van der Waals surface area contributed by atoms with Crippen molar-refractivity contribution in [3.63, 3.8) is 0 Å². The van der Waals surface area contributed by atoms with Gasteiger partial charge in [-0.25, -0.2) is 4.79 Å². The number of carbonyl (C=O) groups excluding carboxylic acids is 2. The summed E-state index contributed by atoms with van der Waals surface area (Å²) in [4.78, 5) is 23.1. The third kappa shape index (κ3) is 4.56. The molecule has 0 aliphatic heterocycles. The maximum atomic E-state index is 11.8. The van der Waals surface area contributed by atoms with Gasteiger partial charge in [-0.1, -0.05) is 34.8 Å². The Bertz CT molecular complexity index is 503. The first kappa shape index (κ1) is 16.1. The zero-order valence-electron chi connectivity index (χ0n) is 10.3. The fraction of sp³-hybridized carbons (Fsp3) is 0.333. The summed E-state index contributed by atoms with van der Waals surface area (Å²) in [5.74, 6) is -1.20. The van der Waals surface area contributed by atoms with Crippen LogP contribution in [0.5, 0.6) is 0 Å². The number of hydrogen-bond donors (Lipinski definition) is 1. The monoisotopic (exact) mass is 323 g/mol. The van der Waals surface area contributed by atoms with Gasteiger partial charge >= 0.3 is 5.97 Å². The van der Waals surface area contributed by atoms with E-state index in [1.54, 1.807) is 13.8 Å². The van der Waals surface area contributed by atoms with Gasteiger partial charge in [0.2, 0.25) is 0 Å². The van der Waals surface area contributed by atoms with Crippen molar-refractivity contribution in [1.29, 1.82) is 0 Å². The van der Waals surface area contributed by atoms with Gasteiger partial charge in [0.25, 0.3) is 5.91 Å². The molecule has 7 heteroatoms. The number of esters is 1. The van der Waals surface area contributed by atoms with E-state index in [2.05, 4.69) is 5.32 Å². The van der Waals surface area contributed by atoms with Crippen molar-refractivity contribution in [3.05, 3.63) is 32.8 Å². The summed E-state index contributed by atoms with van der Waals surface area (Å²) in [7, 11) is 0. The molecule has 0 saturated carbocycles. The molecule has 1 aromatic rings. The Morgan fingerprint density at radius 2 is 1.79 bits per heavy atom. The van der Waals surface area contributed by atoms with Gasteiger partial charge in [0.1, 0.15) is 0 Å². The van der Waals surface area contributed by atoms with Gasteiger partial charge in [0.15, 0.2) is 6.61 Å². The van der Waals surface area contributed by atoms with E-state index in [9.17, 15) is 9.59 Å². The fourth-order valence-electron chi connectivity index (χ4n) is 1.28. The third-order valence-corrected chi connectivity index (χ3v) is 3.15. The molecule has 0 aliphatic carbocycles. The first-order valence-corrected chi connectivity index (χ1v) is 6.56. The highest BCUT2D eigenvalue weighted by atomic mass is 35.5. The second kappa shape index (κ2) is 6.98. The van der Waals surface area contributed by atoms with Crippen LogP contribution >= 0.6 is 34.8 Å². The average molecular weight is 325 g/mol. The number of hydrogen-bond acceptors (Lipinski definition) is 3. The van der Waals surface area contributed by atoms with Crippen molar-refractivity contribution in [2.24, 2.45) is 0 Å². The lowest BCUT2D eigenvalue weighted by atomic mass is 10.2. The predicted molar refractivity (Wildman–Crippen MR) is 75.0 cm³/mol. The first-order valence-electron chi connectivity index (χ1n) is 5.43. The Balaban J connectivity index is 2.74. The third-order valence-electron chi connectivity index (χ3n) is 2.03. The molecule has 1 amide bonds. The molecule has 1 rings (SSSR count). The Morgan fingerprint density at radius 1 is 1.21 bits per heavy atom. The van der Waals surface area contributed by atoms with Crippen LogP contribution in [0.25, 0.3) is 0 Å². The number of nitrogens with one attached hydrogen (secondary N) is 1. The molecule has 0 atom stereocenters. The average Bonchev–Trinajstić information content (AvgIpc) is 2.31. The van der Waals surface area contributed by atoms with Crippen molar-refractivity contribution >= 4 is 46.7 Å². The van der Waals surface area contributed by atoms with E-state index in [1.807, 2.05) is 0 Å². The molecule has 0 saturated heterocycles. The van der Waals surface area contributed by atoms with Crippen molar-refractivity contribution in [2.75, 3.05) is 6.61 Å². The van der Waals surface area contributed by atoms with Crippen LogP contribution in [0.15, 0.2) is 12.1 Å². The molecule has 0 aliphatic rings. The predicted octanol–water partition coefficient (Wildman–Crippen LogP) is 3.33. The molecule has 0 radical (unpaired) electrons. The molecule has 0 fully saturated rings. The van der Waals surface area contributed by atoms with Crippen LogP contribution < -0.4 is 5.32 Å². The molecule has 0 unspecified atom stereocenters. The Kier molecular flexibility index (Phi) is 5.91. The van der Waals surface area contributed by atoms with Crippen LogP contribution in [-0.2, 0) is 9.53 Å². The number of carbonyl (C=O) groups is 2. The molecule has 0 aromatic heterocycles. The van der Waals surface area contributed by atoms with Gasteiger partial charge in [-0.15, -0.1) is 0 Å². The van der Waals surface area contributed by atoms with Crippen molar-refractivity contribution in [2.45, 2.75) is 19.9 Å². The number of rotatable bonds is 4. The van der Waals surface area contributed by atoms with E-state index in [4.69, 9.17) is 39.5 Å². The van der Waals surface area contributed by atoms with Crippen LogP contribution in [-0.4, -0.2) is 24.5 Å². The lowest BCUT2D eigenvalue weighted by Crippen LogP contribution is -2.34.